The molecule has 0 unspecified atom stereocenters. The van der Waals surface area contributed by atoms with Gasteiger partial charge in [0.05, 0.1) is 12.2 Å². The van der Waals surface area contributed by atoms with Crippen LogP contribution in [0.4, 0.5) is 0 Å². The second-order valence-electron chi connectivity index (χ2n) is 5.16. The molecule has 1 heterocycles. The standard InChI is InChI=1S/C19H17NO2/c21-19(22-12-4-6-15-5-3-11-20-14-15)18-10-9-16-7-1-2-8-17(16)13-18/h1-3,5,7-11,13-14H,4,6,12H2. The Hall–Kier alpha value is -2.68. The van der Waals surface area contributed by atoms with Crippen LogP contribution in [0.3, 0.4) is 0 Å². The first-order valence-corrected chi connectivity index (χ1v) is 7.38. The monoisotopic (exact) mass is 291 g/mol. The van der Waals surface area contributed by atoms with Gasteiger partial charge in [0.1, 0.15) is 0 Å². The number of nitrogens with zero attached hydrogens (tertiary/aromatic N) is 1. The number of rotatable bonds is 5. The van der Waals surface area contributed by atoms with Gasteiger partial charge in [0.25, 0.3) is 0 Å². The Labute approximate surface area is 129 Å². The summed E-state index contributed by atoms with van der Waals surface area (Å²) in [5, 5.41) is 2.17. The Kier molecular flexibility index (Phi) is 4.44. The van der Waals surface area contributed by atoms with Crippen LogP contribution in [0, 0.1) is 0 Å². The van der Waals surface area contributed by atoms with Crippen molar-refractivity contribution in [3.05, 3.63) is 78.1 Å². The van der Waals surface area contributed by atoms with Crippen molar-refractivity contribution in [3.63, 3.8) is 0 Å². The molecule has 0 fully saturated rings. The molecule has 0 aliphatic carbocycles. The van der Waals surface area contributed by atoms with E-state index < -0.39 is 0 Å². The molecule has 0 aliphatic rings. The van der Waals surface area contributed by atoms with Gasteiger partial charge < -0.3 is 4.74 Å². The summed E-state index contributed by atoms with van der Waals surface area (Å²) in [5.74, 6) is -0.267. The van der Waals surface area contributed by atoms with Gasteiger partial charge in [0.15, 0.2) is 0 Å². The molecule has 3 aromatic rings. The summed E-state index contributed by atoms with van der Waals surface area (Å²) < 4.78 is 5.34. The lowest BCUT2D eigenvalue weighted by atomic mass is 10.1. The van der Waals surface area contributed by atoms with Crippen molar-refractivity contribution in [1.29, 1.82) is 0 Å². The summed E-state index contributed by atoms with van der Waals surface area (Å²) in [7, 11) is 0. The maximum absolute atomic E-state index is 12.1. The third-order valence-corrected chi connectivity index (χ3v) is 3.55. The van der Waals surface area contributed by atoms with Gasteiger partial charge in [0.2, 0.25) is 0 Å². The molecule has 3 heteroatoms. The zero-order chi connectivity index (χ0) is 15.2. The van der Waals surface area contributed by atoms with Crippen molar-refractivity contribution >= 4 is 16.7 Å². The van der Waals surface area contributed by atoms with Gasteiger partial charge in [-0.1, -0.05) is 36.4 Å². The highest BCUT2D eigenvalue weighted by atomic mass is 16.5. The lowest BCUT2D eigenvalue weighted by Gasteiger charge is -2.06. The molecular formula is C19H17NO2. The normalized spacial score (nSPS) is 10.5. The van der Waals surface area contributed by atoms with E-state index >= 15 is 0 Å². The zero-order valence-electron chi connectivity index (χ0n) is 12.2. The molecule has 0 radical (unpaired) electrons. The molecule has 3 nitrogen and oxygen atoms in total. The summed E-state index contributed by atoms with van der Waals surface area (Å²) >= 11 is 0. The highest BCUT2D eigenvalue weighted by Crippen LogP contribution is 2.16. The van der Waals surface area contributed by atoms with Crippen LogP contribution in [0.2, 0.25) is 0 Å². The number of hydrogen-bond donors (Lipinski definition) is 0. The first-order chi connectivity index (χ1) is 10.8. The van der Waals surface area contributed by atoms with E-state index in [1.807, 2.05) is 60.8 Å². The van der Waals surface area contributed by atoms with Crippen molar-refractivity contribution in [1.82, 2.24) is 4.98 Å². The SMILES string of the molecule is O=C(OCCCc1cccnc1)c1ccc2ccccc2c1. The molecule has 3 rings (SSSR count). The van der Waals surface area contributed by atoms with Crippen LogP contribution >= 0.6 is 0 Å². The van der Waals surface area contributed by atoms with Crippen LogP contribution in [0.5, 0.6) is 0 Å². The number of pyridine rings is 1. The quantitative estimate of drug-likeness (QED) is 0.526. The number of aromatic nitrogens is 1. The minimum atomic E-state index is -0.267. The summed E-state index contributed by atoms with van der Waals surface area (Å²) in [5.41, 5.74) is 1.75. The molecule has 0 amide bonds. The van der Waals surface area contributed by atoms with Gasteiger partial charge in [-0.15, -0.1) is 0 Å². The molecule has 22 heavy (non-hydrogen) atoms. The lowest BCUT2D eigenvalue weighted by Crippen LogP contribution is -2.07. The molecule has 0 aliphatic heterocycles. The van der Waals surface area contributed by atoms with Crippen LogP contribution in [0.25, 0.3) is 10.8 Å². The Morgan fingerprint density at radius 1 is 1.00 bits per heavy atom. The lowest BCUT2D eigenvalue weighted by molar-refractivity contribution is 0.0501. The largest absolute Gasteiger partial charge is 0.462 e. The molecule has 110 valence electrons. The van der Waals surface area contributed by atoms with Gasteiger partial charge in [-0.2, -0.15) is 0 Å². The van der Waals surface area contributed by atoms with Crippen LogP contribution in [-0.4, -0.2) is 17.6 Å². The predicted octanol–water partition coefficient (Wildman–Crippen LogP) is 4.02. The maximum atomic E-state index is 12.1. The molecular weight excluding hydrogens is 274 g/mol. The Morgan fingerprint density at radius 3 is 2.68 bits per heavy atom. The molecule has 0 saturated heterocycles. The number of carbonyl (C=O) groups excluding carboxylic acids is 1. The second kappa shape index (κ2) is 6.85. The summed E-state index contributed by atoms with van der Waals surface area (Å²) in [6, 6.07) is 17.5. The van der Waals surface area contributed by atoms with Crippen LogP contribution in [0.15, 0.2) is 67.0 Å². The van der Waals surface area contributed by atoms with Crippen molar-refractivity contribution in [3.8, 4) is 0 Å². The van der Waals surface area contributed by atoms with Crippen molar-refractivity contribution in [2.24, 2.45) is 0 Å². The second-order valence-corrected chi connectivity index (χ2v) is 5.16. The molecule has 1 aromatic heterocycles. The Morgan fingerprint density at radius 2 is 1.86 bits per heavy atom. The van der Waals surface area contributed by atoms with Crippen molar-refractivity contribution in [2.75, 3.05) is 6.61 Å². The fourth-order valence-electron chi connectivity index (χ4n) is 2.39. The van der Waals surface area contributed by atoms with E-state index in [0.717, 1.165) is 29.2 Å². The molecule has 0 bridgehead atoms. The maximum Gasteiger partial charge on any atom is 0.338 e. The van der Waals surface area contributed by atoms with E-state index in [0.29, 0.717) is 12.2 Å². The average molecular weight is 291 g/mol. The van der Waals surface area contributed by atoms with Crippen molar-refractivity contribution < 1.29 is 9.53 Å². The first-order valence-electron chi connectivity index (χ1n) is 7.38. The van der Waals surface area contributed by atoms with Crippen LogP contribution in [0.1, 0.15) is 22.3 Å². The van der Waals surface area contributed by atoms with Crippen molar-refractivity contribution in [2.45, 2.75) is 12.8 Å². The summed E-state index contributed by atoms with van der Waals surface area (Å²) in [6.07, 6.45) is 5.25. The number of hydrogen-bond acceptors (Lipinski definition) is 3. The number of aryl methyl sites for hydroxylation is 1. The number of ether oxygens (including phenoxy) is 1. The van der Waals surface area contributed by atoms with Crippen LogP contribution < -0.4 is 0 Å². The fourth-order valence-corrected chi connectivity index (χ4v) is 2.39. The molecule has 0 N–H and O–H groups in total. The minimum Gasteiger partial charge on any atom is -0.462 e. The third kappa shape index (κ3) is 3.50. The summed E-state index contributed by atoms with van der Waals surface area (Å²) in [4.78, 5) is 16.1. The highest BCUT2D eigenvalue weighted by Gasteiger charge is 2.07. The fraction of sp³-hybridized carbons (Fsp3) is 0.158. The predicted molar refractivity (Wildman–Crippen MR) is 86.8 cm³/mol. The van der Waals surface area contributed by atoms with Gasteiger partial charge in [-0.05, 0) is 47.4 Å². The van der Waals surface area contributed by atoms with E-state index in [4.69, 9.17) is 4.74 Å². The van der Waals surface area contributed by atoms with E-state index in [2.05, 4.69) is 4.98 Å². The Balaban J connectivity index is 1.54. The minimum absolute atomic E-state index is 0.267. The molecule has 0 spiro atoms. The number of esters is 1. The van der Waals surface area contributed by atoms with Crippen LogP contribution in [-0.2, 0) is 11.2 Å². The van der Waals surface area contributed by atoms with E-state index in [9.17, 15) is 4.79 Å². The molecule has 0 saturated carbocycles. The topological polar surface area (TPSA) is 39.2 Å². The highest BCUT2D eigenvalue weighted by molar-refractivity contribution is 5.95. The van der Waals surface area contributed by atoms with E-state index in [1.54, 1.807) is 6.20 Å². The third-order valence-electron chi connectivity index (χ3n) is 3.55. The van der Waals surface area contributed by atoms with Gasteiger partial charge in [-0.25, -0.2) is 4.79 Å². The first kappa shape index (κ1) is 14.3. The number of fused-ring (bicyclic) bond motifs is 1. The number of carbonyl (C=O) groups is 1. The zero-order valence-corrected chi connectivity index (χ0v) is 12.2. The van der Waals surface area contributed by atoms with E-state index in [1.165, 1.54) is 0 Å². The van der Waals surface area contributed by atoms with Gasteiger partial charge >= 0.3 is 5.97 Å². The average Bonchev–Trinajstić information content (AvgIpc) is 2.59. The molecule has 0 atom stereocenters. The number of benzene rings is 2. The van der Waals surface area contributed by atoms with Gasteiger partial charge in [0, 0.05) is 12.4 Å². The van der Waals surface area contributed by atoms with Gasteiger partial charge in [-0.3, -0.25) is 4.98 Å². The molecule has 2 aromatic carbocycles. The smallest absolute Gasteiger partial charge is 0.338 e. The summed E-state index contributed by atoms with van der Waals surface area (Å²) in [6.45, 7) is 0.417. The van der Waals surface area contributed by atoms with E-state index in [-0.39, 0.29) is 5.97 Å². The Bertz CT molecular complexity index is 769.